The highest BCUT2D eigenvalue weighted by Crippen LogP contribution is 2.40. The Kier molecular flexibility index (Phi) is 5.93. The van der Waals surface area contributed by atoms with Gasteiger partial charge in [0.15, 0.2) is 5.78 Å². The highest BCUT2D eigenvalue weighted by molar-refractivity contribution is 6.16. The number of aromatic nitrogens is 1. The van der Waals surface area contributed by atoms with E-state index in [9.17, 15) is 9.59 Å². The van der Waals surface area contributed by atoms with Crippen LogP contribution in [0.25, 0.3) is 22.0 Å². The van der Waals surface area contributed by atoms with Crippen molar-refractivity contribution in [1.82, 2.24) is 4.57 Å². The average Bonchev–Trinajstić information content (AvgIpc) is 3.27. The number of Topliss-reactive ketones (excluding diaryl/α,β-unsaturated/α-hetero) is 1. The standard InChI is InChI=1S/C33H27NO3/c1-37-33(36)27-16-9-17-28-31(27)32-29(19-26(20-30(32)35)24-13-6-3-7-14-24)34(28)21-22-10-8-15-25(18-22)23-11-4-2-5-12-23/h2-18,26H,19-21H2,1H3. The van der Waals surface area contributed by atoms with E-state index in [-0.39, 0.29) is 11.7 Å². The number of benzene rings is 4. The number of ether oxygens (including phenoxy) is 1. The van der Waals surface area contributed by atoms with E-state index in [1.54, 1.807) is 6.07 Å². The molecule has 5 aromatic rings. The molecule has 0 N–H and O–H groups in total. The number of methoxy groups -OCH3 is 1. The van der Waals surface area contributed by atoms with E-state index in [0.717, 1.165) is 39.9 Å². The van der Waals surface area contributed by atoms with Gasteiger partial charge in [0.2, 0.25) is 0 Å². The van der Waals surface area contributed by atoms with Gasteiger partial charge in [-0.2, -0.15) is 0 Å². The predicted octanol–water partition coefficient (Wildman–Crippen LogP) is 7.06. The van der Waals surface area contributed by atoms with Crippen LogP contribution in [0.1, 0.15) is 49.9 Å². The van der Waals surface area contributed by atoms with Crippen LogP contribution in [0.2, 0.25) is 0 Å². The molecular weight excluding hydrogens is 458 g/mol. The lowest BCUT2D eigenvalue weighted by atomic mass is 9.81. The van der Waals surface area contributed by atoms with E-state index in [1.165, 1.54) is 7.11 Å². The van der Waals surface area contributed by atoms with Gasteiger partial charge >= 0.3 is 5.97 Å². The number of nitrogens with zero attached hydrogens (tertiary/aromatic N) is 1. The third kappa shape index (κ3) is 4.15. The minimum atomic E-state index is -0.422. The molecule has 4 heteroatoms. The first-order valence-electron chi connectivity index (χ1n) is 12.6. The summed E-state index contributed by atoms with van der Waals surface area (Å²) in [7, 11) is 1.38. The highest BCUT2D eigenvalue weighted by atomic mass is 16.5. The summed E-state index contributed by atoms with van der Waals surface area (Å²) in [6.07, 6.45) is 1.16. The van der Waals surface area contributed by atoms with Crippen LogP contribution in [-0.2, 0) is 17.7 Å². The molecule has 0 bridgehead atoms. The molecule has 0 amide bonds. The number of carbonyl (C=O) groups is 2. The zero-order valence-corrected chi connectivity index (χ0v) is 20.7. The van der Waals surface area contributed by atoms with E-state index in [0.29, 0.717) is 29.5 Å². The third-order valence-electron chi connectivity index (χ3n) is 7.40. The van der Waals surface area contributed by atoms with Gasteiger partial charge in [-0.05, 0) is 52.8 Å². The van der Waals surface area contributed by atoms with Gasteiger partial charge < -0.3 is 9.30 Å². The molecule has 0 spiro atoms. The predicted molar refractivity (Wildman–Crippen MR) is 146 cm³/mol. The Morgan fingerprint density at radius 3 is 2.30 bits per heavy atom. The summed E-state index contributed by atoms with van der Waals surface area (Å²) in [6, 6.07) is 34.7. The maximum absolute atomic E-state index is 13.7. The Hall–Kier alpha value is -4.44. The second-order valence-corrected chi connectivity index (χ2v) is 9.60. The summed E-state index contributed by atoms with van der Waals surface area (Å²) in [5.41, 5.74) is 7.60. The summed E-state index contributed by atoms with van der Waals surface area (Å²) in [4.78, 5) is 26.4. The molecule has 1 aliphatic carbocycles. The number of carbonyl (C=O) groups excluding carboxylic acids is 2. The molecule has 1 aromatic heterocycles. The molecule has 1 atom stereocenters. The molecule has 4 aromatic carbocycles. The second-order valence-electron chi connectivity index (χ2n) is 9.60. The Bertz CT molecular complexity index is 1620. The molecule has 182 valence electrons. The van der Waals surface area contributed by atoms with Crippen molar-refractivity contribution in [2.45, 2.75) is 25.3 Å². The largest absolute Gasteiger partial charge is 0.465 e. The molecule has 1 unspecified atom stereocenters. The summed E-state index contributed by atoms with van der Waals surface area (Å²) in [5, 5.41) is 0.708. The number of esters is 1. The van der Waals surface area contributed by atoms with Gasteiger partial charge in [0, 0.05) is 29.6 Å². The molecule has 0 saturated carbocycles. The zero-order chi connectivity index (χ0) is 25.4. The van der Waals surface area contributed by atoms with Crippen molar-refractivity contribution in [3.63, 3.8) is 0 Å². The van der Waals surface area contributed by atoms with Crippen LogP contribution in [0.5, 0.6) is 0 Å². The first-order chi connectivity index (χ1) is 18.1. The van der Waals surface area contributed by atoms with Gasteiger partial charge in [-0.25, -0.2) is 4.79 Å². The van der Waals surface area contributed by atoms with Crippen LogP contribution in [0.15, 0.2) is 103 Å². The maximum Gasteiger partial charge on any atom is 0.338 e. The Balaban J connectivity index is 1.51. The van der Waals surface area contributed by atoms with Crippen molar-refractivity contribution >= 4 is 22.7 Å². The Morgan fingerprint density at radius 2 is 1.54 bits per heavy atom. The molecule has 0 aliphatic heterocycles. The fourth-order valence-corrected chi connectivity index (χ4v) is 5.68. The first kappa shape index (κ1) is 23.0. The van der Waals surface area contributed by atoms with E-state index in [1.807, 2.05) is 48.5 Å². The molecule has 0 saturated heterocycles. The van der Waals surface area contributed by atoms with Crippen LogP contribution in [0.4, 0.5) is 0 Å². The lowest BCUT2D eigenvalue weighted by Gasteiger charge is -2.24. The van der Waals surface area contributed by atoms with Crippen molar-refractivity contribution < 1.29 is 14.3 Å². The summed E-state index contributed by atoms with van der Waals surface area (Å²) >= 11 is 0. The number of fused-ring (bicyclic) bond motifs is 3. The fourth-order valence-electron chi connectivity index (χ4n) is 5.68. The van der Waals surface area contributed by atoms with E-state index >= 15 is 0 Å². The lowest BCUT2D eigenvalue weighted by molar-refractivity contribution is 0.0603. The SMILES string of the molecule is COC(=O)c1cccc2c1c1c(n2Cc2cccc(-c3ccccc3)c2)CC(c2ccccc2)CC1=O. The van der Waals surface area contributed by atoms with Crippen molar-refractivity contribution in [3.05, 3.63) is 131 Å². The first-order valence-corrected chi connectivity index (χ1v) is 12.6. The molecule has 1 aliphatic rings. The Morgan fingerprint density at radius 1 is 0.838 bits per heavy atom. The molecule has 1 heterocycles. The average molecular weight is 486 g/mol. The van der Waals surface area contributed by atoms with E-state index < -0.39 is 5.97 Å². The number of hydrogen-bond donors (Lipinski definition) is 0. The minimum Gasteiger partial charge on any atom is -0.465 e. The molecule has 6 rings (SSSR count). The molecular formula is C33H27NO3. The van der Waals surface area contributed by atoms with Gasteiger partial charge in [0.05, 0.1) is 18.2 Å². The number of hydrogen-bond acceptors (Lipinski definition) is 3. The van der Waals surface area contributed by atoms with Gasteiger partial charge in [0.25, 0.3) is 0 Å². The topological polar surface area (TPSA) is 48.3 Å². The normalized spacial score (nSPS) is 14.9. The third-order valence-corrected chi connectivity index (χ3v) is 7.40. The summed E-state index contributed by atoms with van der Waals surface area (Å²) in [6.45, 7) is 0.603. The summed E-state index contributed by atoms with van der Waals surface area (Å²) < 4.78 is 7.32. The van der Waals surface area contributed by atoms with E-state index in [4.69, 9.17) is 4.74 Å². The Labute approximate surface area is 216 Å². The molecule has 4 nitrogen and oxygen atoms in total. The molecule has 37 heavy (non-hydrogen) atoms. The van der Waals surface area contributed by atoms with Crippen LogP contribution in [0.3, 0.4) is 0 Å². The van der Waals surface area contributed by atoms with Gasteiger partial charge in [-0.1, -0.05) is 84.9 Å². The minimum absolute atomic E-state index is 0.0771. The smallest absolute Gasteiger partial charge is 0.338 e. The van der Waals surface area contributed by atoms with Gasteiger partial charge in [-0.3, -0.25) is 4.79 Å². The van der Waals surface area contributed by atoms with Gasteiger partial charge in [-0.15, -0.1) is 0 Å². The monoisotopic (exact) mass is 485 g/mol. The van der Waals surface area contributed by atoms with Crippen LogP contribution >= 0.6 is 0 Å². The highest BCUT2D eigenvalue weighted by Gasteiger charge is 2.33. The zero-order valence-electron chi connectivity index (χ0n) is 20.7. The molecule has 0 radical (unpaired) electrons. The van der Waals surface area contributed by atoms with Crippen molar-refractivity contribution in [2.75, 3.05) is 7.11 Å². The second kappa shape index (κ2) is 9.55. The van der Waals surface area contributed by atoms with Crippen molar-refractivity contribution in [1.29, 1.82) is 0 Å². The molecule has 0 fully saturated rings. The fraction of sp³-hybridized carbons (Fsp3) is 0.152. The lowest BCUT2D eigenvalue weighted by Crippen LogP contribution is -2.21. The van der Waals surface area contributed by atoms with Crippen molar-refractivity contribution in [2.24, 2.45) is 0 Å². The maximum atomic E-state index is 13.7. The van der Waals surface area contributed by atoms with Gasteiger partial charge in [0.1, 0.15) is 0 Å². The van der Waals surface area contributed by atoms with Crippen LogP contribution in [0, 0.1) is 0 Å². The number of rotatable bonds is 5. The van der Waals surface area contributed by atoms with E-state index in [2.05, 4.69) is 53.1 Å². The summed E-state index contributed by atoms with van der Waals surface area (Å²) in [5.74, 6) is -0.246. The van der Waals surface area contributed by atoms with Crippen LogP contribution in [-0.4, -0.2) is 23.4 Å². The van der Waals surface area contributed by atoms with Crippen molar-refractivity contribution in [3.8, 4) is 11.1 Å². The quantitative estimate of drug-likeness (QED) is 0.251. The number of ketones is 1. The van der Waals surface area contributed by atoms with Crippen LogP contribution < -0.4 is 0 Å².